The summed E-state index contributed by atoms with van der Waals surface area (Å²) in [5, 5.41) is 8.90. The Morgan fingerprint density at radius 2 is 1.81 bits per heavy atom. The fourth-order valence-electron chi connectivity index (χ4n) is 1.73. The number of ether oxygens (including phenoxy) is 1. The zero-order valence-electron chi connectivity index (χ0n) is 10.7. The minimum Gasteiger partial charge on any atom is -0.486 e. The topological polar surface area (TPSA) is 46.5 Å². The highest BCUT2D eigenvalue weighted by Crippen LogP contribution is 2.29. The number of carboxylic acids is 1. The molecular formula is C15H11F3O3. The van der Waals surface area contributed by atoms with Crippen LogP contribution in [0.15, 0.2) is 48.5 Å². The maximum absolute atomic E-state index is 13.9. The summed E-state index contributed by atoms with van der Waals surface area (Å²) in [6, 6.07) is 9.69. The Hall–Kier alpha value is -2.50. The molecule has 0 aliphatic carbocycles. The van der Waals surface area contributed by atoms with E-state index in [2.05, 4.69) is 0 Å². The second-order valence-corrected chi connectivity index (χ2v) is 4.30. The van der Waals surface area contributed by atoms with Crippen molar-refractivity contribution >= 4 is 5.97 Å². The largest absolute Gasteiger partial charge is 0.486 e. The van der Waals surface area contributed by atoms with Crippen LogP contribution >= 0.6 is 0 Å². The monoisotopic (exact) mass is 296 g/mol. The lowest BCUT2D eigenvalue weighted by Crippen LogP contribution is -2.23. The van der Waals surface area contributed by atoms with E-state index < -0.39 is 29.9 Å². The summed E-state index contributed by atoms with van der Waals surface area (Å²) in [4.78, 5) is 10.9. The van der Waals surface area contributed by atoms with Gasteiger partial charge in [-0.2, -0.15) is 8.78 Å². The third-order valence-corrected chi connectivity index (χ3v) is 2.78. The molecule has 2 aromatic rings. The first-order valence-electron chi connectivity index (χ1n) is 5.99. The molecule has 21 heavy (non-hydrogen) atoms. The molecule has 0 aliphatic rings. The van der Waals surface area contributed by atoms with Crippen molar-refractivity contribution in [2.75, 3.05) is 6.61 Å². The molecular weight excluding hydrogens is 285 g/mol. The van der Waals surface area contributed by atoms with Gasteiger partial charge in [-0.15, -0.1) is 0 Å². The Kier molecular flexibility index (Phi) is 4.16. The molecule has 2 aromatic carbocycles. The number of aromatic carboxylic acids is 1. The number of rotatable bonds is 5. The van der Waals surface area contributed by atoms with E-state index in [-0.39, 0.29) is 11.3 Å². The maximum Gasteiger partial charge on any atom is 0.339 e. The Morgan fingerprint density at radius 3 is 2.43 bits per heavy atom. The van der Waals surface area contributed by atoms with Gasteiger partial charge in [-0.3, -0.25) is 0 Å². The van der Waals surface area contributed by atoms with Gasteiger partial charge in [0.15, 0.2) is 6.61 Å². The Morgan fingerprint density at radius 1 is 1.14 bits per heavy atom. The molecule has 0 aromatic heterocycles. The smallest absolute Gasteiger partial charge is 0.339 e. The van der Waals surface area contributed by atoms with Crippen molar-refractivity contribution in [1.29, 1.82) is 0 Å². The van der Waals surface area contributed by atoms with Crippen LogP contribution in [-0.4, -0.2) is 17.7 Å². The molecule has 0 saturated heterocycles. The molecule has 1 N–H and O–H groups in total. The van der Waals surface area contributed by atoms with Crippen molar-refractivity contribution in [2.24, 2.45) is 0 Å². The van der Waals surface area contributed by atoms with Crippen LogP contribution in [0.1, 0.15) is 15.9 Å². The van der Waals surface area contributed by atoms with Gasteiger partial charge in [-0.1, -0.05) is 30.3 Å². The minimum absolute atomic E-state index is 0.246. The van der Waals surface area contributed by atoms with Crippen LogP contribution in [-0.2, 0) is 5.92 Å². The molecule has 0 bridgehead atoms. The Balaban J connectivity index is 2.18. The molecule has 0 unspecified atom stereocenters. The normalized spacial score (nSPS) is 11.2. The van der Waals surface area contributed by atoms with E-state index in [1.807, 2.05) is 0 Å². The number of hydrogen-bond donors (Lipinski definition) is 1. The van der Waals surface area contributed by atoms with Crippen molar-refractivity contribution in [3.05, 3.63) is 65.5 Å². The SMILES string of the molecule is O=C(O)c1cc(F)ccc1OCC(F)(F)c1ccccc1. The van der Waals surface area contributed by atoms with E-state index in [1.165, 1.54) is 24.3 Å². The molecule has 0 amide bonds. The number of carboxylic acid groups (broad SMARTS) is 1. The van der Waals surface area contributed by atoms with Crippen molar-refractivity contribution in [1.82, 2.24) is 0 Å². The van der Waals surface area contributed by atoms with Gasteiger partial charge in [0, 0.05) is 5.56 Å². The second kappa shape index (κ2) is 5.87. The highest BCUT2D eigenvalue weighted by Gasteiger charge is 2.33. The third kappa shape index (κ3) is 3.53. The van der Waals surface area contributed by atoms with Gasteiger partial charge >= 0.3 is 11.9 Å². The van der Waals surface area contributed by atoms with Crippen LogP contribution in [0.2, 0.25) is 0 Å². The minimum atomic E-state index is -3.29. The molecule has 3 nitrogen and oxygen atoms in total. The lowest BCUT2D eigenvalue weighted by molar-refractivity contribution is -0.0470. The van der Waals surface area contributed by atoms with Crippen LogP contribution in [0.3, 0.4) is 0 Å². The second-order valence-electron chi connectivity index (χ2n) is 4.30. The zero-order valence-corrected chi connectivity index (χ0v) is 10.7. The molecule has 0 fully saturated rings. The first kappa shape index (κ1) is 14.9. The molecule has 0 radical (unpaired) electrons. The number of hydrogen-bond acceptors (Lipinski definition) is 2. The maximum atomic E-state index is 13.9. The van der Waals surface area contributed by atoms with Gasteiger partial charge in [0.25, 0.3) is 0 Å². The van der Waals surface area contributed by atoms with Crippen molar-refractivity contribution < 1.29 is 27.8 Å². The number of alkyl halides is 2. The van der Waals surface area contributed by atoms with Gasteiger partial charge in [0.2, 0.25) is 0 Å². The standard InChI is InChI=1S/C15H11F3O3/c16-11-6-7-13(12(8-11)14(19)20)21-9-15(17,18)10-4-2-1-3-5-10/h1-8H,9H2,(H,19,20). The molecule has 0 heterocycles. The molecule has 0 spiro atoms. The highest BCUT2D eigenvalue weighted by atomic mass is 19.3. The number of benzene rings is 2. The summed E-state index contributed by atoms with van der Waals surface area (Å²) in [5.74, 6) is -5.83. The fraction of sp³-hybridized carbons (Fsp3) is 0.133. The fourth-order valence-corrected chi connectivity index (χ4v) is 1.73. The summed E-state index contributed by atoms with van der Waals surface area (Å²) in [6.07, 6.45) is 0. The van der Waals surface area contributed by atoms with Gasteiger partial charge in [-0.05, 0) is 18.2 Å². The van der Waals surface area contributed by atoms with E-state index in [9.17, 15) is 18.0 Å². The average molecular weight is 296 g/mol. The van der Waals surface area contributed by atoms with E-state index in [0.717, 1.165) is 18.2 Å². The third-order valence-electron chi connectivity index (χ3n) is 2.78. The van der Waals surface area contributed by atoms with Gasteiger partial charge in [0.05, 0.1) is 0 Å². The lowest BCUT2D eigenvalue weighted by atomic mass is 10.1. The summed E-state index contributed by atoms with van der Waals surface area (Å²) in [7, 11) is 0. The Bertz CT molecular complexity index is 642. The number of halogens is 3. The first-order chi connectivity index (χ1) is 9.90. The van der Waals surface area contributed by atoms with Crippen LogP contribution in [0.5, 0.6) is 5.75 Å². The van der Waals surface area contributed by atoms with E-state index in [4.69, 9.17) is 9.84 Å². The average Bonchev–Trinajstić information content (AvgIpc) is 2.47. The molecule has 0 saturated carbocycles. The van der Waals surface area contributed by atoms with Crippen molar-refractivity contribution in [2.45, 2.75) is 5.92 Å². The van der Waals surface area contributed by atoms with Gasteiger partial charge < -0.3 is 9.84 Å². The molecule has 6 heteroatoms. The van der Waals surface area contributed by atoms with Crippen LogP contribution < -0.4 is 4.74 Å². The number of carbonyl (C=O) groups is 1. The van der Waals surface area contributed by atoms with Crippen molar-refractivity contribution in [3.8, 4) is 5.75 Å². The summed E-state index contributed by atoms with van der Waals surface area (Å²) < 4.78 is 45.7. The molecule has 0 aliphatic heterocycles. The molecule has 0 atom stereocenters. The molecule has 2 rings (SSSR count). The van der Waals surface area contributed by atoms with E-state index >= 15 is 0 Å². The zero-order chi connectivity index (χ0) is 15.5. The molecule has 110 valence electrons. The predicted molar refractivity (Wildman–Crippen MR) is 69.2 cm³/mol. The predicted octanol–water partition coefficient (Wildman–Crippen LogP) is 3.69. The van der Waals surface area contributed by atoms with E-state index in [0.29, 0.717) is 0 Å². The van der Waals surface area contributed by atoms with E-state index in [1.54, 1.807) is 6.07 Å². The van der Waals surface area contributed by atoms with Crippen LogP contribution in [0.25, 0.3) is 0 Å². The first-order valence-corrected chi connectivity index (χ1v) is 5.99. The highest BCUT2D eigenvalue weighted by molar-refractivity contribution is 5.90. The summed E-state index contributed by atoms with van der Waals surface area (Å²) in [6.45, 7) is -1.04. The summed E-state index contributed by atoms with van der Waals surface area (Å²) in [5.41, 5.74) is -0.747. The quantitative estimate of drug-likeness (QED) is 0.915. The summed E-state index contributed by atoms with van der Waals surface area (Å²) >= 11 is 0. The van der Waals surface area contributed by atoms with Crippen LogP contribution in [0.4, 0.5) is 13.2 Å². The van der Waals surface area contributed by atoms with Gasteiger partial charge in [0.1, 0.15) is 17.1 Å². The van der Waals surface area contributed by atoms with Crippen molar-refractivity contribution in [3.63, 3.8) is 0 Å². The lowest BCUT2D eigenvalue weighted by Gasteiger charge is -2.18. The Labute approximate surface area is 118 Å². The van der Waals surface area contributed by atoms with Gasteiger partial charge in [-0.25, -0.2) is 9.18 Å². The van der Waals surface area contributed by atoms with Crippen LogP contribution in [0, 0.1) is 5.82 Å².